The number of carbonyl (C=O) groups is 1. The lowest BCUT2D eigenvalue weighted by Gasteiger charge is -2.18. The second-order valence-corrected chi connectivity index (χ2v) is 5.28. The highest BCUT2D eigenvalue weighted by molar-refractivity contribution is 5.73. The molecular weight excluding hydrogens is 226 g/mol. The molecule has 0 rings (SSSR count). The van der Waals surface area contributed by atoms with E-state index in [4.69, 9.17) is 5.11 Å². The summed E-state index contributed by atoms with van der Waals surface area (Å²) in [6.07, 6.45) is 10.4. The van der Waals surface area contributed by atoms with Crippen LogP contribution in [-0.4, -0.2) is 23.2 Å². The van der Waals surface area contributed by atoms with Gasteiger partial charge in [0.1, 0.15) is 6.04 Å². The van der Waals surface area contributed by atoms with E-state index in [0.717, 1.165) is 25.7 Å². The van der Waals surface area contributed by atoms with Gasteiger partial charge in [-0.3, -0.25) is 4.79 Å². The SMILES string of the molecule is CCCCCCCCCC(NC(C)CC)C(=O)O. The largest absolute Gasteiger partial charge is 0.480 e. The highest BCUT2D eigenvalue weighted by atomic mass is 16.4. The first-order valence-corrected chi connectivity index (χ1v) is 7.60. The van der Waals surface area contributed by atoms with Gasteiger partial charge in [-0.15, -0.1) is 0 Å². The Labute approximate surface area is 112 Å². The Morgan fingerprint density at radius 2 is 1.61 bits per heavy atom. The maximum Gasteiger partial charge on any atom is 0.320 e. The molecule has 0 aromatic heterocycles. The molecule has 2 unspecified atom stereocenters. The summed E-state index contributed by atoms with van der Waals surface area (Å²) < 4.78 is 0. The molecule has 2 atom stereocenters. The van der Waals surface area contributed by atoms with Crippen LogP contribution in [0.1, 0.15) is 78.6 Å². The predicted molar refractivity (Wildman–Crippen MR) is 76.9 cm³/mol. The molecule has 0 radical (unpaired) electrons. The van der Waals surface area contributed by atoms with Crippen LogP contribution in [0.15, 0.2) is 0 Å². The third kappa shape index (κ3) is 9.46. The van der Waals surface area contributed by atoms with Crippen LogP contribution in [0.3, 0.4) is 0 Å². The summed E-state index contributed by atoms with van der Waals surface area (Å²) >= 11 is 0. The molecule has 0 fully saturated rings. The number of rotatable bonds is 12. The zero-order valence-electron chi connectivity index (χ0n) is 12.4. The standard InChI is InChI=1S/C15H31NO2/c1-4-6-7-8-9-10-11-12-14(15(17)18)16-13(3)5-2/h13-14,16H,4-12H2,1-3H3,(H,17,18). The van der Waals surface area contributed by atoms with Crippen LogP contribution in [0.25, 0.3) is 0 Å². The minimum Gasteiger partial charge on any atom is -0.480 e. The lowest BCUT2D eigenvalue weighted by atomic mass is 10.0. The molecule has 0 amide bonds. The van der Waals surface area contributed by atoms with Crippen LogP contribution >= 0.6 is 0 Å². The predicted octanol–water partition coefficient (Wildman–Crippen LogP) is 3.97. The van der Waals surface area contributed by atoms with Gasteiger partial charge < -0.3 is 10.4 Å². The molecule has 0 aromatic rings. The minimum atomic E-state index is -0.707. The average molecular weight is 257 g/mol. The van der Waals surface area contributed by atoms with E-state index in [-0.39, 0.29) is 12.1 Å². The van der Waals surface area contributed by atoms with E-state index in [1.807, 2.05) is 6.92 Å². The van der Waals surface area contributed by atoms with Crippen LogP contribution in [0, 0.1) is 0 Å². The number of hydrogen-bond acceptors (Lipinski definition) is 2. The summed E-state index contributed by atoms with van der Waals surface area (Å²) in [5, 5.41) is 12.3. The molecule has 0 heterocycles. The van der Waals surface area contributed by atoms with E-state index < -0.39 is 5.97 Å². The molecule has 0 aliphatic rings. The smallest absolute Gasteiger partial charge is 0.320 e. The number of carboxylic acids is 1. The third-order valence-electron chi connectivity index (χ3n) is 3.49. The van der Waals surface area contributed by atoms with E-state index in [0.29, 0.717) is 0 Å². The Morgan fingerprint density at radius 1 is 1.06 bits per heavy atom. The van der Waals surface area contributed by atoms with E-state index >= 15 is 0 Å². The maximum atomic E-state index is 11.1. The van der Waals surface area contributed by atoms with Gasteiger partial charge in [0.25, 0.3) is 0 Å². The van der Waals surface area contributed by atoms with Gasteiger partial charge in [0, 0.05) is 6.04 Å². The number of carboxylic acid groups (broad SMARTS) is 1. The van der Waals surface area contributed by atoms with Crippen molar-refractivity contribution in [2.24, 2.45) is 0 Å². The third-order valence-corrected chi connectivity index (χ3v) is 3.49. The fourth-order valence-corrected chi connectivity index (χ4v) is 2.04. The van der Waals surface area contributed by atoms with E-state index in [2.05, 4.69) is 19.2 Å². The molecule has 108 valence electrons. The van der Waals surface area contributed by atoms with E-state index in [9.17, 15) is 4.79 Å². The van der Waals surface area contributed by atoms with Crippen molar-refractivity contribution in [1.29, 1.82) is 0 Å². The quantitative estimate of drug-likeness (QED) is 0.520. The molecule has 0 aliphatic carbocycles. The highest BCUT2D eigenvalue weighted by Gasteiger charge is 2.17. The summed E-state index contributed by atoms with van der Waals surface area (Å²) in [7, 11) is 0. The lowest BCUT2D eigenvalue weighted by Crippen LogP contribution is -2.41. The van der Waals surface area contributed by atoms with Gasteiger partial charge in [-0.05, 0) is 19.8 Å². The zero-order chi connectivity index (χ0) is 13.8. The summed E-state index contributed by atoms with van der Waals surface area (Å²) in [4.78, 5) is 11.1. The van der Waals surface area contributed by atoms with Crippen LogP contribution in [0.4, 0.5) is 0 Å². The summed E-state index contributed by atoms with van der Waals surface area (Å²) in [5.41, 5.74) is 0. The van der Waals surface area contributed by atoms with Crippen molar-refractivity contribution < 1.29 is 9.90 Å². The molecule has 0 saturated heterocycles. The number of hydrogen-bond donors (Lipinski definition) is 2. The molecule has 0 aliphatic heterocycles. The van der Waals surface area contributed by atoms with Crippen molar-refractivity contribution in [3.63, 3.8) is 0 Å². The van der Waals surface area contributed by atoms with Gasteiger partial charge in [0.15, 0.2) is 0 Å². The Bertz CT molecular complexity index is 207. The zero-order valence-corrected chi connectivity index (χ0v) is 12.4. The van der Waals surface area contributed by atoms with Crippen molar-refractivity contribution in [2.75, 3.05) is 0 Å². The topological polar surface area (TPSA) is 49.3 Å². The fourth-order valence-electron chi connectivity index (χ4n) is 2.04. The molecule has 0 spiro atoms. The molecule has 3 heteroatoms. The maximum absolute atomic E-state index is 11.1. The second-order valence-electron chi connectivity index (χ2n) is 5.28. The Balaban J connectivity index is 3.61. The molecule has 2 N–H and O–H groups in total. The van der Waals surface area contributed by atoms with Crippen LogP contribution in [-0.2, 0) is 4.79 Å². The summed E-state index contributed by atoms with van der Waals surface area (Å²) in [6, 6.07) is -0.0775. The number of nitrogens with one attached hydrogen (secondary N) is 1. The molecule has 0 aromatic carbocycles. The van der Waals surface area contributed by atoms with Crippen molar-refractivity contribution in [3.8, 4) is 0 Å². The van der Waals surface area contributed by atoms with Gasteiger partial charge in [-0.1, -0.05) is 58.8 Å². The second kappa shape index (κ2) is 11.5. The molecular formula is C15H31NO2. The van der Waals surface area contributed by atoms with Crippen molar-refractivity contribution in [2.45, 2.75) is 90.6 Å². The summed E-state index contributed by atoms with van der Waals surface area (Å²) in [5.74, 6) is -0.707. The Morgan fingerprint density at radius 3 is 2.11 bits per heavy atom. The van der Waals surface area contributed by atoms with Crippen molar-refractivity contribution in [3.05, 3.63) is 0 Å². The van der Waals surface area contributed by atoms with E-state index in [1.54, 1.807) is 0 Å². The fraction of sp³-hybridized carbons (Fsp3) is 0.933. The van der Waals surface area contributed by atoms with Crippen LogP contribution in [0.2, 0.25) is 0 Å². The average Bonchev–Trinajstić information content (AvgIpc) is 2.35. The minimum absolute atomic E-state index is 0.288. The Hall–Kier alpha value is -0.570. The molecule has 0 bridgehead atoms. The number of aliphatic carboxylic acids is 1. The summed E-state index contributed by atoms with van der Waals surface area (Å²) in [6.45, 7) is 6.34. The van der Waals surface area contributed by atoms with Crippen LogP contribution in [0.5, 0.6) is 0 Å². The van der Waals surface area contributed by atoms with Gasteiger partial charge in [-0.25, -0.2) is 0 Å². The van der Waals surface area contributed by atoms with Crippen molar-refractivity contribution in [1.82, 2.24) is 5.32 Å². The van der Waals surface area contributed by atoms with Gasteiger partial charge in [-0.2, -0.15) is 0 Å². The molecule has 3 nitrogen and oxygen atoms in total. The molecule has 18 heavy (non-hydrogen) atoms. The number of unbranched alkanes of at least 4 members (excludes halogenated alkanes) is 6. The van der Waals surface area contributed by atoms with Crippen molar-refractivity contribution >= 4 is 5.97 Å². The van der Waals surface area contributed by atoms with Gasteiger partial charge >= 0.3 is 5.97 Å². The van der Waals surface area contributed by atoms with Gasteiger partial charge in [0.05, 0.1) is 0 Å². The van der Waals surface area contributed by atoms with Gasteiger partial charge in [0.2, 0.25) is 0 Å². The normalized spacial score (nSPS) is 14.4. The molecule has 0 saturated carbocycles. The first-order chi connectivity index (χ1) is 8.61. The first-order valence-electron chi connectivity index (χ1n) is 7.60. The monoisotopic (exact) mass is 257 g/mol. The first kappa shape index (κ1) is 17.4. The lowest BCUT2D eigenvalue weighted by molar-refractivity contribution is -0.139. The van der Waals surface area contributed by atoms with Crippen LogP contribution < -0.4 is 5.32 Å². The highest BCUT2D eigenvalue weighted by Crippen LogP contribution is 2.10. The van der Waals surface area contributed by atoms with E-state index in [1.165, 1.54) is 32.1 Å². The Kier molecular flexibility index (Phi) is 11.2.